The molecule has 0 radical (unpaired) electrons. The largest absolute Gasteiger partial charge is 0.381 e. The van der Waals surface area contributed by atoms with Crippen LogP contribution in [0.15, 0.2) is 60.8 Å². The molecule has 2 heterocycles. The second kappa shape index (κ2) is 9.97. The van der Waals surface area contributed by atoms with E-state index in [0.717, 1.165) is 44.0 Å². The monoisotopic (exact) mass is 432 g/mol. The van der Waals surface area contributed by atoms with Gasteiger partial charge in [-0.2, -0.15) is 15.4 Å². The Morgan fingerprint density at radius 1 is 1.03 bits per heavy atom. The Kier molecular flexibility index (Phi) is 7.07. The van der Waals surface area contributed by atoms with Gasteiger partial charge in [0.1, 0.15) is 5.69 Å². The Bertz CT molecular complexity index is 943. The molecule has 32 heavy (non-hydrogen) atoms. The van der Waals surface area contributed by atoms with E-state index in [0.29, 0.717) is 0 Å². The van der Waals surface area contributed by atoms with Crippen LogP contribution in [-0.4, -0.2) is 46.6 Å². The normalized spacial score (nSPS) is 16.8. The lowest BCUT2D eigenvalue weighted by Crippen LogP contribution is -2.50. The summed E-state index contributed by atoms with van der Waals surface area (Å²) >= 11 is 0. The van der Waals surface area contributed by atoms with Crippen molar-refractivity contribution in [1.82, 2.24) is 20.3 Å². The average Bonchev–Trinajstić information content (AvgIpc) is 3.38. The summed E-state index contributed by atoms with van der Waals surface area (Å²) in [5.41, 5.74) is 5.00. The molecule has 170 valence electrons. The highest BCUT2D eigenvalue weighted by molar-refractivity contribution is 5.58. The first kappa shape index (κ1) is 22.7. The highest BCUT2D eigenvalue weighted by atomic mass is 16.5. The molecule has 0 bridgehead atoms. The first-order valence-electron chi connectivity index (χ1n) is 11.9. The molecule has 0 saturated carbocycles. The van der Waals surface area contributed by atoms with Crippen molar-refractivity contribution in [3.8, 4) is 11.3 Å². The van der Waals surface area contributed by atoms with E-state index in [9.17, 15) is 0 Å². The number of aryl methyl sites for hydroxylation is 1. The van der Waals surface area contributed by atoms with E-state index in [1.807, 2.05) is 0 Å². The predicted molar refractivity (Wildman–Crippen MR) is 129 cm³/mol. The van der Waals surface area contributed by atoms with Gasteiger partial charge < -0.3 is 4.74 Å². The van der Waals surface area contributed by atoms with Crippen molar-refractivity contribution >= 4 is 0 Å². The fraction of sp³-hybridized carbons (Fsp3) is 0.481. The molecule has 5 heteroatoms. The molecule has 0 aliphatic carbocycles. The smallest absolute Gasteiger partial charge is 0.112 e. The fourth-order valence-electron chi connectivity index (χ4n) is 4.95. The number of benzene rings is 2. The van der Waals surface area contributed by atoms with Gasteiger partial charge in [-0.1, -0.05) is 54.6 Å². The minimum absolute atomic E-state index is 0.0143. The Morgan fingerprint density at radius 2 is 1.75 bits per heavy atom. The van der Waals surface area contributed by atoms with Crippen LogP contribution in [0.1, 0.15) is 51.2 Å². The zero-order chi connectivity index (χ0) is 22.4. The van der Waals surface area contributed by atoms with Crippen LogP contribution >= 0.6 is 0 Å². The van der Waals surface area contributed by atoms with Crippen LogP contribution in [0.2, 0.25) is 0 Å². The van der Waals surface area contributed by atoms with Crippen molar-refractivity contribution in [3.63, 3.8) is 0 Å². The zero-order valence-electron chi connectivity index (χ0n) is 19.7. The standard InChI is InChI=1S/C27H36N4O/c1-4-32-21-27(15-14-22-8-6-5-7-9-22)16-18-31(19-17-27)26(2,3)24-12-10-23(11-13-24)25-20-28-30-29-25/h5-13,20H,4,14-19,21H2,1-3H3,(H,28,29,30). The van der Waals surface area contributed by atoms with E-state index in [-0.39, 0.29) is 11.0 Å². The van der Waals surface area contributed by atoms with Crippen LogP contribution < -0.4 is 0 Å². The third kappa shape index (κ3) is 5.11. The highest BCUT2D eigenvalue weighted by Crippen LogP contribution is 2.41. The molecule has 4 rings (SSSR count). The number of piperidine rings is 1. The number of aromatic amines is 1. The summed E-state index contributed by atoms with van der Waals surface area (Å²) < 4.78 is 5.99. The third-order valence-corrected chi connectivity index (χ3v) is 7.32. The van der Waals surface area contributed by atoms with Crippen LogP contribution in [0.25, 0.3) is 11.3 Å². The fourth-order valence-corrected chi connectivity index (χ4v) is 4.95. The number of rotatable bonds is 9. The Labute approximate surface area is 192 Å². The maximum absolute atomic E-state index is 5.99. The van der Waals surface area contributed by atoms with Gasteiger partial charge in [-0.15, -0.1) is 0 Å². The number of aromatic nitrogens is 3. The SMILES string of the molecule is CCOCC1(CCc2ccccc2)CCN(C(C)(C)c2ccc(-c3cn[nH]n3)cc2)CC1. The quantitative estimate of drug-likeness (QED) is 0.488. The van der Waals surface area contributed by atoms with Crippen LogP contribution in [0, 0.1) is 5.41 Å². The number of H-pyrrole nitrogens is 1. The molecular weight excluding hydrogens is 396 g/mol. The van der Waals surface area contributed by atoms with Gasteiger partial charge in [0.15, 0.2) is 0 Å². The molecule has 1 aliphatic heterocycles. The lowest BCUT2D eigenvalue weighted by molar-refractivity contribution is -0.0258. The van der Waals surface area contributed by atoms with Gasteiger partial charge in [0, 0.05) is 17.7 Å². The first-order valence-corrected chi connectivity index (χ1v) is 11.9. The Morgan fingerprint density at radius 3 is 2.38 bits per heavy atom. The summed E-state index contributed by atoms with van der Waals surface area (Å²) in [4.78, 5) is 2.64. The van der Waals surface area contributed by atoms with Crippen LogP contribution in [-0.2, 0) is 16.7 Å². The first-order chi connectivity index (χ1) is 15.5. The van der Waals surface area contributed by atoms with E-state index in [4.69, 9.17) is 4.74 Å². The lowest BCUT2D eigenvalue weighted by atomic mass is 9.73. The van der Waals surface area contributed by atoms with Crippen molar-refractivity contribution in [3.05, 3.63) is 71.9 Å². The van der Waals surface area contributed by atoms with Gasteiger partial charge in [-0.3, -0.25) is 4.90 Å². The van der Waals surface area contributed by atoms with Gasteiger partial charge in [-0.25, -0.2) is 0 Å². The number of ether oxygens (including phenoxy) is 1. The summed E-state index contributed by atoms with van der Waals surface area (Å²) in [6, 6.07) is 19.6. The molecule has 1 saturated heterocycles. The molecule has 1 aromatic heterocycles. The second-order valence-corrected chi connectivity index (χ2v) is 9.60. The number of nitrogens with zero attached hydrogens (tertiary/aromatic N) is 3. The molecule has 2 aromatic carbocycles. The predicted octanol–water partition coefficient (Wildman–Crippen LogP) is 5.46. The summed E-state index contributed by atoms with van der Waals surface area (Å²) in [5, 5.41) is 10.8. The highest BCUT2D eigenvalue weighted by Gasteiger charge is 2.39. The average molecular weight is 433 g/mol. The number of likely N-dealkylation sites (tertiary alicyclic amines) is 1. The van der Waals surface area contributed by atoms with Crippen LogP contribution in [0.4, 0.5) is 0 Å². The molecule has 1 N–H and O–H groups in total. The summed E-state index contributed by atoms with van der Waals surface area (Å²) in [6.45, 7) is 10.7. The van der Waals surface area contributed by atoms with Crippen LogP contribution in [0.5, 0.6) is 0 Å². The van der Waals surface area contributed by atoms with Crippen LogP contribution in [0.3, 0.4) is 0 Å². The topological polar surface area (TPSA) is 54.0 Å². The third-order valence-electron chi connectivity index (χ3n) is 7.32. The van der Waals surface area contributed by atoms with Crippen molar-refractivity contribution < 1.29 is 4.74 Å². The zero-order valence-corrected chi connectivity index (χ0v) is 19.7. The molecule has 5 nitrogen and oxygen atoms in total. The van der Waals surface area contributed by atoms with E-state index in [1.54, 1.807) is 6.20 Å². The van der Waals surface area contributed by atoms with Gasteiger partial charge in [0.2, 0.25) is 0 Å². The van der Waals surface area contributed by atoms with E-state index < -0.39 is 0 Å². The second-order valence-electron chi connectivity index (χ2n) is 9.60. The van der Waals surface area contributed by atoms with Crippen molar-refractivity contribution in [2.75, 3.05) is 26.3 Å². The molecule has 1 fully saturated rings. The summed E-state index contributed by atoms with van der Waals surface area (Å²) in [5.74, 6) is 0. The number of nitrogens with one attached hydrogen (secondary N) is 1. The summed E-state index contributed by atoms with van der Waals surface area (Å²) in [6.07, 6.45) is 6.44. The number of hydrogen-bond donors (Lipinski definition) is 1. The van der Waals surface area contributed by atoms with Crippen molar-refractivity contribution in [2.24, 2.45) is 5.41 Å². The maximum atomic E-state index is 5.99. The molecule has 0 unspecified atom stereocenters. The Balaban J connectivity index is 1.42. The molecular formula is C27H36N4O. The molecule has 1 aliphatic rings. The number of hydrogen-bond acceptors (Lipinski definition) is 4. The minimum Gasteiger partial charge on any atom is -0.381 e. The van der Waals surface area contributed by atoms with E-state index >= 15 is 0 Å². The minimum atomic E-state index is -0.0143. The van der Waals surface area contributed by atoms with Crippen molar-refractivity contribution in [2.45, 2.75) is 52.0 Å². The maximum Gasteiger partial charge on any atom is 0.112 e. The molecule has 0 spiro atoms. The Hall–Kier alpha value is -2.50. The summed E-state index contributed by atoms with van der Waals surface area (Å²) in [7, 11) is 0. The van der Waals surface area contributed by atoms with Gasteiger partial charge in [0.25, 0.3) is 0 Å². The van der Waals surface area contributed by atoms with Gasteiger partial charge in [-0.05, 0) is 76.1 Å². The van der Waals surface area contributed by atoms with E-state index in [1.165, 1.54) is 30.4 Å². The molecule has 0 atom stereocenters. The molecule has 0 amide bonds. The van der Waals surface area contributed by atoms with Gasteiger partial charge in [0.05, 0.1) is 12.8 Å². The van der Waals surface area contributed by atoms with Gasteiger partial charge >= 0.3 is 0 Å². The molecule has 3 aromatic rings. The van der Waals surface area contributed by atoms with Crippen molar-refractivity contribution in [1.29, 1.82) is 0 Å². The van der Waals surface area contributed by atoms with E-state index in [2.05, 4.69) is 95.7 Å². The lowest BCUT2D eigenvalue weighted by Gasteiger charge is -2.48.